The minimum Gasteiger partial charge on any atom is -0.396 e. The first kappa shape index (κ1) is 25.9. The molecular formula is C27H29BrN6O5. The second kappa shape index (κ2) is 10.3. The van der Waals surface area contributed by atoms with Crippen molar-refractivity contribution in [1.82, 2.24) is 30.5 Å². The zero-order valence-electron chi connectivity index (χ0n) is 21.1. The summed E-state index contributed by atoms with van der Waals surface area (Å²) in [5.74, 6) is -2.50. The third kappa shape index (κ3) is 4.30. The molecular weight excluding hydrogens is 568 g/mol. The van der Waals surface area contributed by atoms with Crippen molar-refractivity contribution in [1.29, 1.82) is 0 Å². The van der Waals surface area contributed by atoms with Gasteiger partial charge in [0.2, 0.25) is 17.7 Å². The van der Waals surface area contributed by atoms with E-state index >= 15 is 0 Å². The van der Waals surface area contributed by atoms with Crippen LogP contribution in [0, 0.1) is 11.8 Å². The van der Waals surface area contributed by atoms with Gasteiger partial charge in [0.25, 0.3) is 0 Å². The molecule has 3 aliphatic heterocycles. The molecule has 0 radical (unpaired) electrons. The summed E-state index contributed by atoms with van der Waals surface area (Å²) < 4.78 is 8.06. The minimum absolute atomic E-state index is 0.0563. The molecule has 0 saturated carbocycles. The van der Waals surface area contributed by atoms with Crippen LogP contribution >= 0.6 is 15.9 Å². The molecule has 11 nitrogen and oxygen atoms in total. The number of likely N-dealkylation sites (tertiary alicyclic amines) is 1. The summed E-state index contributed by atoms with van der Waals surface area (Å²) in [6, 6.07) is 16.0. The van der Waals surface area contributed by atoms with Crippen molar-refractivity contribution in [3.63, 3.8) is 0 Å². The fourth-order valence-electron chi connectivity index (χ4n) is 6.40. The van der Waals surface area contributed by atoms with Gasteiger partial charge in [-0.1, -0.05) is 63.6 Å². The Kier molecular flexibility index (Phi) is 6.86. The van der Waals surface area contributed by atoms with E-state index in [2.05, 4.69) is 36.9 Å². The van der Waals surface area contributed by atoms with Gasteiger partial charge in [-0.2, -0.15) is 0 Å². The second-order valence-electron chi connectivity index (χ2n) is 10.3. The van der Waals surface area contributed by atoms with Gasteiger partial charge in [-0.15, -0.1) is 5.10 Å². The van der Waals surface area contributed by atoms with Crippen LogP contribution in [-0.4, -0.2) is 78.4 Å². The molecule has 204 valence electrons. The number of amides is 3. The number of para-hydroxylation sites is 1. The molecule has 3 amide bonds. The number of hydrogen-bond donors (Lipinski definition) is 3. The molecule has 3 N–H and O–H groups in total. The van der Waals surface area contributed by atoms with Gasteiger partial charge in [-0.3, -0.25) is 14.4 Å². The number of rotatable bonds is 9. The van der Waals surface area contributed by atoms with E-state index in [0.29, 0.717) is 24.9 Å². The first-order valence-electron chi connectivity index (χ1n) is 13.1. The summed E-state index contributed by atoms with van der Waals surface area (Å²) in [6.45, 7) is 0.429. The average molecular weight is 597 g/mol. The SMILES string of the molecule is O=C(NCn1nnc2ccccc21)C1N(CCCO)C(=O)[C@@H]2[C@@H](C(=O)NCc3ccccc3)[C@@H]3OC12CC3Br. The van der Waals surface area contributed by atoms with Crippen LogP contribution in [0.2, 0.25) is 0 Å². The summed E-state index contributed by atoms with van der Waals surface area (Å²) in [5, 5.41) is 23.6. The highest BCUT2D eigenvalue weighted by molar-refractivity contribution is 9.09. The Hall–Kier alpha value is -3.35. The fourth-order valence-corrected chi connectivity index (χ4v) is 7.34. The topological polar surface area (TPSA) is 139 Å². The molecule has 3 saturated heterocycles. The number of ether oxygens (including phenoxy) is 1. The van der Waals surface area contributed by atoms with Crippen molar-refractivity contribution in [2.45, 2.75) is 48.6 Å². The average Bonchev–Trinajstić information content (AvgIpc) is 3.67. The summed E-state index contributed by atoms with van der Waals surface area (Å²) in [7, 11) is 0. The number of carbonyl (C=O) groups excluding carboxylic acids is 3. The van der Waals surface area contributed by atoms with Crippen molar-refractivity contribution in [3.05, 3.63) is 60.2 Å². The Morgan fingerprint density at radius 3 is 2.67 bits per heavy atom. The summed E-state index contributed by atoms with van der Waals surface area (Å²) in [4.78, 5) is 42.4. The predicted octanol–water partition coefficient (Wildman–Crippen LogP) is 0.952. The molecule has 3 aromatic rings. The minimum atomic E-state index is -1.16. The lowest BCUT2D eigenvalue weighted by atomic mass is 9.70. The predicted molar refractivity (Wildman–Crippen MR) is 143 cm³/mol. The molecule has 0 aliphatic carbocycles. The van der Waals surface area contributed by atoms with Crippen LogP contribution in [-0.2, 0) is 32.3 Å². The number of benzene rings is 2. The number of halogens is 1. The molecule has 3 aliphatic rings. The smallest absolute Gasteiger partial charge is 0.247 e. The van der Waals surface area contributed by atoms with Crippen molar-refractivity contribution >= 4 is 44.7 Å². The Balaban J connectivity index is 1.26. The quantitative estimate of drug-likeness (QED) is 0.313. The van der Waals surface area contributed by atoms with E-state index in [1.165, 1.54) is 4.90 Å². The number of nitrogens with zero attached hydrogens (tertiary/aromatic N) is 4. The number of aromatic nitrogens is 3. The molecule has 2 aromatic carbocycles. The molecule has 6 atom stereocenters. The second-order valence-corrected chi connectivity index (χ2v) is 11.4. The van der Waals surface area contributed by atoms with Crippen molar-refractivity contribution in [2.75, 3.05) is 13.2 Å². The van der Waals surface area contributed by atoms with Gasteiger partial charge in [0, 0.05) is 24.5 Å². The van der Waals surface area contributed by atoms with Crippen LogP contribution in [0.1, 0.15) is 18.4 Å². The van der Waals surface area contributed by atoms with E-state index in [4.69, 9.17) is 4.74 Å². The highest BCUT2D eigenvalue weighted by atomic mass is 79.9. The van der Waals surface area contributed by atoms with E-state index in [1.807, 2.05) is 54.6 Å². The third-order valence-corrected chi connectivity index (χ3v) is 8.88. The van der Waals surface area contributed by atoms with Crippen LogP contribution in [0.4, 0.5) is 0 Å². The number of carbonyl (C=O) groups is 3. The standard InChI is InChI=1S/C27H29BrN6O5/c28-17-13-27-21(20(22(17)39-27)24(36)29-14-16-7-2-1-3-8-16)26(38)33(11-6-12-35)23(27)25(37)30-15-34-19-10-5-4-9-18(19)31-32-34/h1-5,7-10,17,20-23,35H,6,11-15H2,(H,29,36)(H,30,37)/t17?,20-,21+,22-,23?,27?/m1/s1. The Labute approximate surface area is 233 Å². The summed E-state index contributed by atoms with van der Waals surface area (Å²) >= 11 is 3.67. The van der Waals surface area contributed by atoms with Crippen molar-refractivity contribution < 1.29 is 24.2 Å². The maximum absolute atomic E-state index is 13.9. The van der Waals surface area contributed by atoms with Crippen molar-refractivity contribution in [3.8, 4) is 0 Å². The van der Waals surface area contributed by atoms with Gasteiger partial charge < -0.3 is 25.4 Å². The van der Waals surface area contributed by atoms with Crippen LogP contribution in [0.5, 0.6) is 0 Å². The lowest BCUT2D eigenvalue weighted by Gasteiger charge is -2.34. The van der Waals surface area contributed by atoms with E-state index in [0.717, 1.165) is 11.1 Å². The lowest BCUT2D eigenvalue weighted by Crippen LogP contribution is -2.56. The van der Waals surface area contributed by atoms with E-state index in [-0.39, 0.29) is 36.5 Å². The molecule has 3 fully saturated rings. The molecule has 1 spiro atoms. The summed E-state index contributed by atoms with van der Waals surface area (Å²) in [5.41, 5.74) is 1.26. The van der Waals surface area contributed by atoms with Crippen LogP contribution in [0.3, 0.4) is 0 Å². The molecule has 12 heteroatoms. The molecule has 6 rings (SSSR count). The van der Waals surface area contributed by atoms with Crippen molar-refractivity contribution in [2.24, 2.45) is 11.8 Å². The normalized spacial score (nSPS) is 29.1. The molecule has 4 heterocycles. The van der Waals surface area contributed by atoms with Gasteiger partial charge >= 0.3 is 0 Å². The first-order valence-corrected chi connectivity index (χ1v) is 14.0. The number of hydrogen-bond acceptors (Lipinski definition) is 7. The van der Waals surface area contributed by atoms with Gasteiger partial charge in [-0.05, 0) is 30.5 Å². The lowest BCUT2D eigenvalue weighted by molar-refractivity contribution is -0.142. The maximum Gasteiger partial charge on any atom is 0.247 e. The van der Waals surface area contributed by atoms with Gasteiger partial charge in [0.15, 0.2) is 0 Å². The number of aliphatic hydroxyl groups is 1. The third-order valence-electron chi connectivity index (χ3n) is 8.03. The van der Waals surface area contributed by atoms with Crippen LogP contribution in [0.25, 0.3) is 11.0 Å². The van der Waals surface area contributed by atoms with E-state index in [9.17, 15) is 19.5 Å². The molecule has 3 unspecified atom stereocenters. The van der Waals surface area contributed by atoms with Gasteiger partial charge in [0.1, 0.15) is 23.8 Å². The number of aliphatic hydroxyl groups excluding tert-OH is 1. The Morgan fingerprint density at radius 1 is 1.10 bits per heavy atom. The molecule has 2 bridgehead atoms. The largest absolute Gasteiger partial charge is 0.396 e. The highest BCUT2D eigenvalue weighted by Gasteiger charge is 2.76. The zero-order valence-corrected chi connectivity index (χ0v) is 22.7. The van der Waals surface area contributed by atoms with E-state index < -0.39 is 35.5 Å². The summed E-state index contributed by atoms with van der Waals surface area (Å²) in [6.07, 6.45) is 0.179. The monoisotopic (exact) mass is 596 g/mol. The van der Waals surface area contributed by atoms with Crippen LogP contribution < -0.4 is 10.6 Å². The van der Waals surface area contributed by atoms with Gasteiger partial charge in [0.05, 0.1) is 23.5 Å². The Bertz CT molecular complexity index is 1400. The number of fused-ring (bicyclic) bond motifs is 2. The molecule has 39 heavy (non-hydrogen) atoms. The zero-order chi connectivity index (χ0) is 27.1. The Morgan fingerprint density at radius 2 is 1.87 bits per heavy atom. The highest BCUT2D eigenvalue weighted by Crippen LogP contribution is 2.60. The van der Waals surface area contributed by atoms with E-state index in [1.54, 1.807) is 4.68 Å². The number of alkyl halides is 1. The number of nitrogens with one attached hydrogen (secondary N) is 2. The molecule has 1 aromatic heterocycles. The fraction of sp³-hybridized carbons (Fsp3) is 0.444. The first-order chi connectivity index (χ1) is 18.9. The van der Waals surface area contributed by atoms with Crippen LogP contribution in [0.15, 0.2) is 54.6 Å². The van der Waals surface area contributed by atoms with Gasteiger partial charge in [-0.25, -0.2) is 4.68 Å². The maximum atomic E-state index is 13.9.